The van der Waals surface area contributed by atoms with Gasteiger partial charge >= 0.3 is 0 Å². The fourth-order valence-electron chi connectivity index (χ4n) is 6.68. The number of nitrogens with zero attached hydrogens (tertiary/aromatic N) is 6. The second kappa shape index (κ2) is 7.52. The van der Waals surface area contributed by atoms with Crippen LogP contribution in [0.3, 0.4) is 0 Å². The minimum absolute atomic E-state index is 0.0231. The molecule has 4 fully saturated rings. The number of carbonyl (C=O) groups is 1. The minimum Gasteiger partial charge on any atom is -0.335 e. The molecule has 4 aliphatic carbocycles. The Morgan fingerprint density at radius 2 is 1.90 bits per heavy atom. The summed E-state index contributed by atoms with van der Waals surface area (Å²) in [6.07, 6.45) is 7.78. The van der Waals surface area contributed by atoms with Crippen molar-refractivity contribution >= 4 is 23.4 Å². The van der Waals surface area contributed by atoms with Gasteiger partial charge in [0.25, 0.3) is 5.78 Å². The smallest absolute Gasteiger partial charge is 0.256 e. The lowest BCUT2D eigenvalue weighted by molar-refractivity contribution is -0.147. The Balaban J connectivity index is 1.36. The molecular formula is C22H28N6OS. The molecule has 0 saturated heterocycles. The molecule has 2 aromatic heterocycles. The molecule has 8 heteroatoms. The van der Waals surface area contributed by atoms with Crippen LogP contribution in [0.15, 0.2) is 11.2 Å². The molecule has 4 aliphatic rings. The molecule has 0 spiro atoms. The third-order valence-corrected chi connectivity index (χ3v) is 8.23. The van der Waals surface area contributed by atoms with Gasteiger partial charge in [0.1, 0.15) is 0 Å². The van der Waals surface area contributed by atoms with Gasteiger partial charge in [0, 0.05) is 23.5 Å². The molecule has 0 atom stereocenters. The van der Waals surface area contributed by atoms with E-state index in [9.17, 15) is 10.1 Å². The quantitative estimate of drug-likeness (QED) is 0.659. The summed E-state index contributed by atoms with van der Waals surface area (Å²) in [6, 6.07) is 4.25. The Morgan fingerprint density at radius 1 is 1.23 bits per heavy atom. The molecule has 4 bridgehead atoms. The molecule has 6 rings (SSSR count). The number of hydrogen-bond acceptors (Lipinski definition) is 6. The lowest BCUT2D eigenvalue weighted by atomic mass is 9.52. The largest absolute Gasteiger partial charge is 0.335 e. The number of amides is 1. The van der Waals surface area contributed by atoms with E-state index >= 15 is 0 Å². The van der Waals surface area contributed by atoms with E-state index in [1.165, 1.54) is 31.0 Å². The van der Waals surface area contributed by atoms with Crippen molar-refractivity contribution in [3.63, 3.8) is 0 Å². The Labute approximate surface area is 181 Å². The number of rotatable bonds is 6. The number of aromatic nitrogens is 4. The summed E-state index contributed by atoms with van der Waals surface area (Å²) >= 11 is 1.43. The Kier molecular flexibility index (Phi) is 4.97. The van der Waals surface area contributed by atoms with Gasteiger partial charge in [-0.05, 0) is 76.2 Å². The first kappa shape index (κ1) is 19.8. The van der Waals surface area contributed by atoms with Gasteiger partial charge in [-0.1, -0.05) is 11.8 Å². The van der Waals surface area contributed by atoms with Crippen molar-refractivity contribution in [1.82, 2.24) is 24.5 Å². The Hall–Kier alpha value is -2.14. The van der Waals surface area contributed by atoms with Gasteiger partial charge in [0.15, 0.2) is 5.16 Å². The van der Waals surface area contributed by atoms with Crippen LogP contribution in [-0.4, -0.2) is 48.2 Å². The molecule has 2 heterocycles. The highest BCUT2D eigenvalue weighted by Crippen LogP contribution is 2.57. The summed E-state index contributed by atoms with van der Waals surface area (Å²) in [5.74, 6) is 3.31. The van der Waals surface area contributed by atoms with E-state index in [0.29, 0.717) is 29.7 Å². The van der Waals surface area contributed by atoms with Gasteiger partial charge in [0.2, 0.25) is 5.91 Å². The van der Waals surface area contributed by atoms with Gasteiger partial charge < -0.3 is 4.90 Å². The van der Waals surface area contributed by atoms with Crippen molar-refractivity contribution in [1.29, 1.82) is 5.26 Å². The first-order valence-corrected chi connectivity index (χ1v) is 12.0. The zero-order valence-electron chi connectivity index (χ0n) is 17.7. The number of nitriles is 1. The van der Waals surface area contributed by atoms with E-state index in [1.54, 1.807) is 0 Å². The van der Waals surface area contributed by atoms with Crippen molar-refractivity contribution in [3.05, 3.63) is 17.5 Å². The maximum atomic E-state index is 13.5. The summed E-state index contributed by atoms with van der Waals surface area (Å²) in [7, 11) is 0. The second-order valence-electron chi connectivity index (χ2n) is 9.54. The van der Waals surface area contributed by atoms with Gasteiger partial charge in [-0.2, -0.15) is 5.26 Å². The average molecular weight is 425 g/mol. The van der Waals surface area contributed by atoms with Crippen LogP contribution < -0.4 is 0 Å². The predicted molar refractivity (Wildman–Crippen MR) is 114 cm³/mol. The number of thioether (sulfide) groups is 1. The first-order valence-electron chi connectivity index (χ1n) is 11.0. The molecule has 0 aliphatic heterocycles. The monoisotopic (exact) mass is 424 g/mol. The lowest BCUT2D eigenvalue weighted by Crippen LogP contribution is -2.62. The number of hydrogen-bond donors (Lipinski definition) is 0. The van der Waals surface area contributed by atoms with E-state index in [0.717, 1.165) is 48.4 Å². The van der Waals surface area contributed by atoms with E-state index in [1.807, 2.05) is 24.3 Å². The third kappa shape index (κ3) is 3.37. The molecule has 0 aromatic carbocycles. The molecule has 7 nitrogen and oxygen atoms in total. The lowest BCUT2D eigenvalue weighted by Gasteiger charge is -2.60. The average Bonchev–Trinajstić information content (AvgIpc) is 3.08. The highest BCUT2D eigenvalue weighted by Gasteiger charge is 2.54. The highest BCUT2D eigenvalue weighted by molar-refractivity contribution is 7.99. The molecular weight excluding hydrogens is 396 g/mol. The minimum atomic E-state index is -0.0231. The summed E-state index contributed by atoms with van der Waals surface area (Å²) in [4.78, 5) is 20.0. The fourth-order valence-corrected chi connectivity index (χ4v) is 7.54. The van der Waals surface area contributed by atoms with Crippen LogP contribution in [-0.2, 0) is 4.79 Å². The predicted octanol–water partition coefficient (Wildman–Crippen LogP) is 3.54. The van der Waals surface area contributed by atoms with Crippen molar-refractivity contribution < 1.29 is 4.79 Å². The van der Waals surface area contributed by atoms with Gasteiger partial charge in [-0.15, -0.1) is 10.2 Å². The SMILES string of the molecule is Cc1cc(C)n2c(SCC(=O)N(CCC#N)C34CC5CC(CC(C5)C3)C4)nnc2n1. The van der Waals surface area contributed by atoms with Crippen molar-refractivity contribution in [2.24, 2.45) is 17.8 Å². The van der Waals surface area contributed by atoms with Crippen LogP contribution in [0.5, 0.6) is 0 Å². The van der Waals surface area contributed by atoms with Crippen LogP contribution >= 0.6 is 11.8 Å². The first-order chi connectivity index (χ1) is 14.5. The van der Waals surface area contributed by atoms with Crippen molar-refractivity contribution in [2.45, 2.75) is 69.5 Å². The van der Waals surface area contributed by atoms with Crippen LogP contribution in [0.1, 0.15) is 56.3 Å². The summed E-state index contributed by atoms with van der Waals surface area (Å²) in [5, 5.41) is 18.4. The van der Waals surface area contributed by atoms with E-state index < -0.39 is 0 Å². The second-order valence-corrected chi connectivity index (χ2v) is 10.5. The van der Waals surface area contributed by atoms with Crippen LogP contribution in [0.4, 0.5) is 0 Å². The van der Waals surface area contributed by atoms with Crippen molar-refractivity contribution in [3.8, 4) is 6.07 Å². The third-order valence-electron chi connectivity index (χ3n) is 7.31. The van der Waals surface area contributed by atoms with Gasteiger partial charge in [-0.25, -0.2) is 4.98 Å². The van der Waals surface area contributed by atoms with Crippen LogP contribution in [0.2, 0.25) is 0 Å². The molecule has 2 aromatic rings. The molecule has 0 radical (unpaired) electrons. The molecule has 0 N–H and O–H groups in total. The maximum absolute atomic E-state index is 13.5. The summed E-state index contributed by atoms with van der Waals surface area (Å²) < 4.78 is 1.91. The summed E-state index contributed by atoms with van der Waals surface area (Å²) in [6.45, 7) is 4.49. The van der Waals surface area contributed by atoms with E-state index in [2.05, 4.69) is 26.2 Å². The zero-order valence-corrected chi connectivity index (χ0v) is 18.5. The van der Waals surface area contributed by atoms with Crippen molar-refractivity contribution in [2.75, 3.05) is 12.3 Å². The highest BCUT2D eigenvalue weighted by atomic mass is 32.2. The van der Waals surface area contributed by atoms with E-state index in [4.69, 9.17) is 0 Å². The van der Waals surface area contributed by atoms with Gasteiger partial charge in [-0.3, -0.25) is 9.20 Å². The Morgan fingerprint density at radius 3 is 2.53 bits per heavy atom. The fraction of sp³-hybridized carbons (Fsp3) is 0.682. The Bertz CT molecular complexity index is 989. The standard InChI is InChI=1S/C22H28N6OS/c1-14-6-15(2)28-20(24-14)25-26-21(28)30-13-19(29)27(5-3-4-23)22-10-16-7-17(11-22)9-18(8-16)12-22/h6,16-18H,3,5,7-13H2,1-2H3. The number of aryl methyl sites for hydroxylation is 2. The molecule has 30 heavy (non-hydrogen) atoms. The molecule has 4 saturated carbocycles. The topological polar surface area (TPSA) is 87.2 Å². The zero-order chi connectivity index (χ0) is 20.9. The normalized spacial score (nSPS) is 29.3. The molecule has 0 unspecified atom stereocenters. The maximum Gasteiger partial charge on any atom is 0.256 e. The number of fused-ring (bicyclic) bond motifs is 1. The molecule has 1 amide bonds. The number of carbonyl (C=O) groups excluding carboxylic acids is 1. The van der Waals surface area contributed by atoms with Crippen LogP contribution in [0.25, 0.3) is 5.78 Å². The van der Waals surface area contributed by atoms with E-state index in [-0.39, 0.29) is 11.4 Å². The molecule has 158 valence electrons. The van der Waals surface area contributed by atoms with Crippen LogP contribution in [0, 0.1) is 42.9 Å². The van der Waals surface area contributed by atoms with Gasteiger partial charge in [0.05, 0.1) is 18.2 Å². The summed E-state index contributed by atoms with van der Waals surface area (Å²) in [5.41, 5.74) is 1.90.